The summed E-state index contributed by atoms with van der Waals surface area (Å²) in [5.74, 6) is 0. The fraction of sp³-hybridized carbons (Fsp3) is 0.750. The van der Waals surface area contributed by atoms with Gasteiger partial charge in [-0.2, -0.15) is 5.01 Å². The van der Waals surface area contributed by atoms with Crippen molar-refractivity contribution in [2.24, 2.45) is 0 Å². The molecule has 0 aliphatic heterocycles. The van der Waals surface area contributed by atoms with Crippen LogP contribution in [0.1, 0.15) is 0 Å². The molecule has 0 unspecified atom stereocenters. The molecule has 4 nitrogen and oxygen atoms in total. The van der Waals surface area contributed by atoms with E-state index in [1.807, 2.05) is 0 Å². The van der Waals surface area contributed by atoms with Crippen molar-refractivity contribution >= 4 is 6.41 Å². The third-order valence-corrected chi connectivity index (χ3v) is 0.671. The van der Waals surface area contributed by atoms with Crippen LogP contribution in [-0.2, 0) is 9.63 Å². The van der Waals surface area contributed by atoms with Gasteiger partial charge in [-0.3, -0.25) is 9.63 Å². The first-order valence-electron chi connectivity index (χ1n) is 2.18. The lowest BCUT2D eigenvalue weighted by Crippen LogP contribution is -2.34. The third-order valence-electron chi connectivity index (χ3n) is 0.671. The van der Waals surface area contributed by atoms with E-state index in [0.29, 0.717) is 6.41 Å². The summed E-state index contributed by atoms with van der Waals surface area (Å²) in [4.78, 5) is 14.5. The Morgan fingerprint density at radius 1 is 1.50 bits per heavy atom. The van der Waals surface area contributed by atoms with E-state index >= 15 is 0 Å². The van der Waals surface area contributed by atoms with Crippen LogP contribution in [0.5, 0.6) is 0 Å². The van der Waals surface area contributed by atoms with Gasteiger partial charge in [0.15, 0.2) is 0 Å². The average molecular weight is 118 g/mol. The molecule has 0 aromatic rings. The highest BCUT2D eigenvalue weighted by atomic mass is 16.7. The van der Waals surface area contributed by atoms with Crippen LogP contribution in [0.4, 0.5) is 0 Å². The van der Waals surface area contributed by atoms with E-state index in [4.69, 9.17) is 0 Å². The van der Waals surface area contributed by atoms with Gasteiger partial charge in [0, 0.05) is 14.1 Å². The quantitative estimate of drug-likeness (QED) is 0.369. The molecule has 8 heavy (non-hydrogen) atoms. The second-order valence-electron chi connectivity index (χ2n) is 1.44. The second-order valence-corrected chi connectivity index (χ2v) is 1.44. The Morgan fingerprint density at radius 2 is 2.00 bits per heavy atom. The molecular formula is C4H10N2O2. The molecule has 4 heteroatoms. The summed E-state index contributed by atoms with van der Waals surface area (Å²) in [6, 6.07) is 0. The zero-order valence-corrected chi connectivity index (χ0v) is 5.29. The minimum atomic E-state index is 0.583. The zero-order valence-electron chi connectivity index (χ0n) is 5.29. The molecule has 0 aliphatic rings. The van der Waals surface area contributed by atoms with E-state index in [0.717, 1.165) is 5.17 Å². The number of hydrazine groups is 1. The Hall–Kier alpha value is -0.610. The lowest BCUT2D eigenvalue weighted by molar-refractivity contribution is -0.228. The molecule has 1 amide bonds. The maximum atomic E-state index is 9.94. The van der Waals surface area contributed by atoms with E-state index in [1.165, 1.54) is 12.1 Å². The third kappa shape index (κ3) is 1.90. The minimum absolute atomic E-state index is 0.583. The summed E-state index contributed by atoms with van der Waals surface area (Å²) in [7, 11) is 4.84. The number of rotatable bonds is 3. The molecule has 48 valence electrons. The van der Waals surface area contributed by atoms with Crippen LogP contribution in [0.15, 0.2) is 0 Å². The molecule has 0 spiro atoms. The van der Waals surface area contributed by atoms with Crippen LogP contribution in [0.25, 0.3) is 0 Å². The molecule has 0 aliphatic carbocycles. The molecule has 0 radical (unpaired) electrons. The SMILES string of the molecule is CON(C=O)N(C)C. The molecule has 0 aromatic carbocycles. The van der Waals surface area contributed by atoms with Gasteiger partial charge in [0.25, 0.3) is 0 Å². The molecule has 0 rings (SSSR count). The fourth-order valence-corrected chi connectivity index (χ4v) is 0.301. The van der Waals surface area contributed by atoms with Crippen LogP contribution in [0.3, 0.4) is 0 Å². The molecule has 0 bridgehead atoms. The Labute approximate surface area is 48.6 Å². The van der Waals surface area contributed by atoms with Gasteiger partial charge < -0.3 is 0 Å². The Balaban J connectivity index is 3.51. The van der Waals surface area contributed by atoms with Crippen molar-refractivity contribution in [2.75, 3.05) is 21.2 Å². The van der Waals surface area contributed by atoms with Crippen molar-refractivity contribution in [3.05, 3.63) is 0 Å². The highest BCUT2D eigenvalue weighted by molar-refractivity contribution is 5.43. The smallest absolute Gasteiger partial charge is 0.249 e. The summed E-state index contributed by atoms with van der Waals surface area (Å²) in [5.41, 5.74) is 0. The van der Waals surface area contributed by atoms with Gasteiger partial charge >= 0.3 is 0 Å². The number of hydrogen-bond donors (Lipinski definition) is 0. The molecule has 0 N–H and O–H groups in total. The van der Waals surface area contributed by atoms with Crippen molar-refractivity contribution in [3.63, 3.8) is 0 Å². The molecule has 0 saturated carbocycles. The van der Waals surface area contributed by atoms with Crippen molar-refractivity contribution < 1.29 is 9.63 Å². The van der Waals surface area contributed by atoms with Crippen molar-refractivity contribution in [1.29, 1.82) is 0 Å². The summed E-state index contributed by atoms with van der Waals surface area (Å²) in [6.07, 6.45) is 0.583. The minimum Gasteiger partial charge on any atom is -0.275 e. The van der Waals surface area contributed by atoms with E-state index < -0.39 is 0 Å². The fourth-order valence-electron chi connectivity index (χ4n) is 0.301. The molecule has 0 aromatic heterocycles. The second kappa shape index (κ2) is 3.40. The first-order chi connectivity index (χ1) is 3.72. The normalized spacial score (nSPS) is 9.50. The highest BCUT2D eigenvalue weighted by Gasteiger charge is 1.98. The van der Waals surface area contributed by atoms with E-state index in [1.54, 1.807) is 14.1 Å². The molecule has 0 saturated heterocycles. The summed E-state index contributed by atoms with van der Waals surface area (Å²) < 4.78 is 0. The van der Waals surface area contributed by atoms with E-state index in [2.05, 4.69) is 4.84 Å². The standard InChI is InChI=1S/C4H10N2O2/c1-5(2)6(4-7)8-3/h4H,1-3H3. The Bertz CT molecular complexity index is 74.4. The molecular weight excluding hydrogens is 108 g/mol. The first-order valence-corrected chi connectivity index (χ1v) is 2.18. The lowest BCUT2D eigenvalue weighted by atomic mass is 11.1. The molecule has 0 heterocycles. The zero-order chi connectivity index (χ0) is 6.57. The van der Waals surface area contributed by atoms with Gasteiger partial charge in [0.2, 0.25) is 6.41 Å². The van der Waals surface area contributed by atoms with E-state index in [-0.39, 0.29) is 0 Å². The predicted octanol–water partition coefficient (Wildman–Crippen LogP) is -0.517. The number of nitrogens with zero attached hydrogens (tertiary/aromatic N) is 2. The monoisotopic (exact) mass is 118 g/mol. The van der Waals surface area contributed by atoms with Crippen LogP contribution in [0.2, 0.25) is 0 Å². The molecule has 0 fully saturated rings. The Kier molecular flexibility index (Phi) is 3.14. The number of carbonyl (C=O) groups excluding carboxylic acids is 1. The average Bonchev–Trinajstić information content (AvgIpc) is 1.69. The first kappa shape index (κ1) is 7.39. The van der Waals surface area contributed by atoms with Crippen molar-refractivity contribution in [1.82, 2.24) is 10.2 Å². The summed E-state index contributed by atoms with van der Waals surface area (Å²) >= 11 is 0. The van der Waals surface area contributed by atoms with Gasteiger partial charge in [0.1, 0.15) is 0 Å². The number of carbonyl (C=O) groups is 1. The predicted molar refractivity (Wildman–Crippen MR) is 28.6 cm³/mol. The Morgan fingerprint density at radius 3 is 2.00 bits per heavy atom. The maximum Gasteiger partial charge on any atom is 0.249 e. The van der Waals surface area contributed by atoms with Crippen LogP contribution in [-0.4, -0.2) is 37.8 Å². The molecule has 0 atom stereocenters. The topological polar surface area (TPSA) is 32.8 Å². The van der Waals surface area contributed by atoms with Gasteiger partial charge in [-0.1, -0.05) is 0 Å². The van der Waals surface area contributed by atoms with Gasteiger partial charge in [0.05, 0.1) is 7.11 Å². The van der Waals surface area contributed by atoms with Gasteiger partial charge in [-0.05, 0) is 0 Å². The maximum absolute atomic E-state index is 9.94. The van der Waals surface area contributed by atoms with E-state index in [9.17, 15) is 4.79 Å². The number of hydrogen-bond acceptors (Lipinski definition) is 3. The summed E-state index contributed by atoms with van der Waals surface area (Å²) in [5, 5.41) is 2.59. The van der Waals surface area contributed by atoms with Crippen LogP contribution < -0.4 is 0 Å². The highest BCUT2D eigenvalue weighted by Crippen LogP contribution is 1.82. The van der Waals surface area contributed by atoms with Gasteiger partial charge in [-0.15, -0.1) is 5.17 Å². The van der Waals surface area contributed by atoms with Crippen LogP contribution in [0, 0.1) is 0 Å². The largest absolute Gasteiger partial charge is 0.275 e. The van der Waals surface area contributed by atoms with Crippen molar-refractivity contribution in [2.45, 2.75) is 0 Å². The van der Waals surface area contributed by atoms with Crippen molar-refractivity contribution in [3.8, 4) is 0 Å². The number of amides is 1. The van der Waals surface area contributed by atoms with Crippen LogP contribution >= 0.6 is 0 Å². The lowest BCUT2D eigenvalue weighted by Gasteiger charge is -2.19. The number of hydroxylamine groups is 1. The summed E-state index contributed by atoms with van der Waals surface area (Å²) in [6.45, 7) is 0. The van der Waals surface area contributed by atoms with Gasteiger partial charge in [-0.25, -0.2) is 0 Å².